The van der Waals surface area contributed by atoms with Crippen LogP contribution < -0.4 is 0 Å². The van der Waals surface area contributed by atoms with Gasteiger partial charge in [-0.15, -0.1) is 0 Å². The highest BCUT2D eigenvalue weighted by Gasteiger charge is 1.99. The van der Waals surface area contributed by atoms with Crippen molar-refractivity contribution in [3.05, 3.63) is 5.17 Å². The molecule has 0 aliphatic rings. The van der Waals surface area contributed by atoms with Crippen LogP contribution in [-0.4, -0.2) is 24.5 Å². The largest absolute Gasteiger partial charge is 0.304 e. The maximum atomic E-state index is 2.54. The van der Waals surface area contributed by atoms with Crippen LogP contribution in [0.4, 0.5) is 0 Å². The number of hydrogen-bond acceptors (Lipinski definition) is 1. The minimum absolute atomic E-state index is 1.21. The maximum absolute atomic E-state index is 2.54. The van der Waals surface area contributed by atoms with Gasteiger partial charge in [0, 0.05) is 3.58 Å². The van der Waals surface area contributed by atoms with E-state index >= 15 is 0 Å². The summed E-state index contributed by atoms with van der Waals surface area (Å²) in [6.07, 6.45) is 17.1. The monoisotopic (exact) mass is 659 g/mol. The first-order valence-corrected chi connectivity index (χ1v) is 12.8. The van der Waals surface area contributed by atoms with Gasteiger partial charge in [0.05, 0.1) is 1.59 Å². The summed E-state index contributed by atoms with van der Waals surface area (Å²) in [6, 6.07) is 0. The van der Waals surface area contributed by atoms with Crippen LogP contribution in [0.1, 0.15) is 90.9 Å². The molecule has 0 bridgehead atoms. The highest BCUT2D eigenvalue weighted by molar-refractivity contribution is 14.2. The molecule has 0 aromatic heterocycles. The normalized spacial score (nSPS) is 11.2. The number of unbranched alkanes of at least 4 members (excludes halogenated alkanes) is 10. The Hall–Kier alpha value is 1.89. The van der Waals surface area contributed by atoms with Crippen molar-refractivity contribution in [2.75, 3.05) is 19.6 Å². The van der Waals surface area contributed by atoms with Gasteiger partial charge in [-0.3, -0.25) is 0 Å². The second-order valence-corrected chi connectivity index (χ2v) is 11.9. The topological polar surface area (TPSA) is 3.24 Å². The lowest BCUT2D eigenvalue weighted by Crippen LogP contribution is -2.23. The Kier molecular flexibility index (Phi) is 20.2. The van der Waals surface area contributed by atoms with Gasteiger partial charge in [-0.05, 0) is 107 Å². The summed E-state index contributed by atoms with van der Waals surface area (Å²) < 4.78 is 2.99. The van der Waals surface area contributed by atoms with E-state index in [2.05, 4.69) is 86.5 Å². The van der Waals surface area contributed by atoms with E-state index in [-0.39, 0.29) is 0 Å². The SMILES string of the molecule is CCN(CC)CCCCCCCCCCCCCC(I)=C(I)I. The number of hydrogen-bond donors (Lipinski definition) is 0. The molecule has 0 saturated heterocycles. The van der Waals surface area contributed by atoms with E-state index in [0.29, 0.717) is 0 Å². The summed E-state index contributed by atoms with van der Waals surface area (Å²) >= 11 is 7.35. The van der Waals surface area contributed by atoms with Crippen molar-refractivity contribution < 1.29 is 0 Å². The van der Waals surface area contributed by atoms with Gasteiger partial charge >= 0.3 is 0 Å². The van der Waals surface area contributed by atoms with Crippen LogP contribution in [0.3, 0.4) is 0 Å². The van der Waals surface area contributed by atoms with Gasteiger partial charge in [-0.1, -0.05) is 71.6 Å². The lowest BCUT2D eigenvalue weighted by Gasteiger charge is -2.17. The van der Waals surface area contributed by atoms with Crippen LogP contribution in [0.2, 0.25) is 0 Å². The molecular weight excluding hydrogens is 623 g/mol. The fraction of sp³-hybridized carbons (Fsp3) is 0.895. The van der Waals surface area contributed by atoms with Crippen molar-refractivity contribution in [1.29, 1.82) is 0 Å². The molecule has 0 aliphatic heterocycles. The number of halogens is 3. The van der Waals surface area contributed by atoms with Gasteiger partial charge in [0.15, 0.2) is 0 Å². The first-order chi connectivity index (χ1) is 11.1. The van der Waals surface area contributed by atoms with Crippen molar-refractivity contribution in [3.8, 4) is 0 Å². The van der Waals surface area contributed by atoms with Gasteiger partial charge in [-0.25, -0.2) is 0 Å². The Labute approximate surface area is 186 Å². The molecule has 0 atom stereocenters. The molecule has 0 spiro atoms. The summed E-state index contributed by atoms with van der Waals surface area (Å²) in [5, 5.41) is 0. The second-order valence-electron chi connectivity index (χ2n) is 6.33. The molecule has 138 valence electrons. The van der Waals surface area contributed by atoms with E-state index in [4.69, 9.17) is 0 Å². The number of nitrogens with zero attached hydrogens (tertiary/aromatic N) is 1. The van der Waals surface area contributed by atoms with Gasteiger partial charge in [0.2, 0.25) is 0 Å². The van der Waals surface area contributed by atoms with Crippen molar-refractivity contribution >= 4 is 67.8 Å². The van der Waals surface area contributed by atoms with E-state index in [1.54, 1.807) is 3.58 Å². The van der Waals surface area contributed by atoms with E-state index < -0.39 is 0 Å². The summed E-state index contributed by atoms with van der Waals surface area (Å²) in [5.41, 5.74) is 0. The smallest absolute Gasteiger partial charge is 0.0606 e. The lowest BCUT2D eigenvalue weighted by molar-refractivity contribution is 0.295. The molecule has 0 aromatic rings. The Morgan fingerprint density at radius 3 is 1.39 bits per heavy atom. The third-order valence-corrected chi connectivity index (χ3v) is 8.92. The molecule has 23 heavy (non-hydrogen) atoms. The Balaban J connectivity index is 3.18. The van der Waals surface area contributed by atoms with Gasteiger partial charge in [-0.2, -0.15) is 0 Å². The van der Waals surface area contributed by atoms with E-state index in [0.717, 1.165) is 0 Å². The Morgan fingerprint density at radius 2 is 1.00 bits per heavy atom. The molecule has 0 radical (unpaired) electrons. The van der Waals surface area contributed by atoms with Crippen LogP contribution >= 0.6 is 67.8 Å². The quantitative estimate of drug-likeness (QED) is 0.119. The molecule has 0 heterocycles. The molecule has 0 saturated carbocycles. The highest BCUT2D eigenvalue weighted by atomic mass is 127. The molecule has 0 fully saturated rings. The minimum Gasteiger partial charge on any atom is -0.304 e. The van der Waals surface area contributed by atoms with Gasteiger partial charge < -0.3 is 4.90 Å². The highest BCUT2D eigenvalue weighted by Crippen LogP contribution is 2.29. The summed E-state index contributed by atoms with van der Waals surface area (Å²) in [7, 11) is 0. The molecule has 0 aliphatic carbocycles. The van der Waals surface area contributed by atoms with E-state index in [1.807, 2.05) is 0 Å². The predicted octanol–water partition coefficient (Wildman–Crippen LogP) is 8.48. The number of allylic oxidation sites excluding steroid dienone is 1. The molecule has 4 heteroatoms. The first-order valence-electron chi connectivity index (χ1n) is 9.53. The molecular formula is C19H36I3N. The van der Waals surface area contributed by atoms with Crippen LogP contribution in [0, 0.1) is 0 Å². The van der Waals surface area contributed by atoms with Crippen molar-refractivity contribution in [2.24, 2.45) is 0 Å². The van der Waals surface area contributed by atoms with E-state index in [9.17, 15) is 0 Å². The standard InChI is InChI=1S/C19H36I3N/c1-3-23(4-2)17-15-13-11-9-7-5-6-8-10-12-14-16-18(20)19(21)22/h3-17H2,1-2H3. The second kappa shape index (κ2) is 18.7. The Morgan fingerprint density at radius 1 is 0.609 bits per heavy atom. The maximum Gasteiger partial charge on any atom is 0.0606 e. The molecule has 1 nitrogen and oxygen atoms in total. The third-order valence-electron chi connectivity index (χ3n) is 4.47. The third kappa shape index (κ3) is 17.1. The average molecular weight is 659 g/mol. The lowest BCUT2D eigenvalue weighted by atomic mass is 10.1. The zero-order valence-electron chi connectivity index (χ0n) is 15.2. The van der Waals surface area contributed by atoms with Crippen molar-refractivity contribution in [3.63, 3.8) is 0 Å². The minimum atomic E-state index is 1.21. The Bertz CT molecular complexity index is 284. The molecule has 0 rings (SSSR count). The van der Waals surface area contributed by atoms with Gasteiger partial charge in [0.1, 0.15) is 0 Å². The fourth-order valence-corrected chi connectivity index (χ4v) is 3.76. The predicted molar refractivity (Wildman–Crippen MR) is 132 cm³/mol. The molecule has 0 amide bonds. The summed E-state index contributed by atoms with van der Waals surface area (Å²) in [6.45, 7) is 8.26. The summed E-state index contributed by atoms with van der Waals surface area (Å²) in [5.74, 6) is 0. The molecule has 0 aromatic carbocycles. The fourth-order valence-electron chi connectivity index (χ4n) is 2.84. The zero-order valence-corrected chi connectivity index (χ0v) is 21.7. The molecule has 0 N–H and O–H groups in total. The van der Waals surface area contributed by atoms with Crippen molar-refractivity contribution in [1.82, 2.24) is 4.90 Å². The van der Waals surface area contributed by atoms with Crippen LogP contribution in [0.15, 0.2) is 5.17 Å². The van der Waals surface area contributed by atoms with Crippen LogP contribution in [-0.2, 0) is 0 Å². The van der Waals surface area contributed by atoms with Crippen LogP contribution in [0.25, 0.3) is 0 Å². The molecule has 0 unspecified atom stereocenters. The zero-order chi connectivity index (χ0) is 17.3. The number of rotatable bonds is 16. The average Bonchev–Trinajstić information content (AvgIpc) is 2.55. The van der Waals surface area contributed by atoms with Crippen molar-refractivity contribution in [2.45, 2.75) is 90.9 Å². The van der Waals surface area contributed by atoms with Gasteiger partial charge in [0.25, 0.3) is 0 Å². The summed E-state index contributed by atoms with van der Waals surface area (Å²) in [4.78, 5) is 2.54. The van der Waals surface area contributed by atoms with Crippen LogP contribution in [0.5, 0.6) is 0 Å². The first kappa shape index (κ1) is 24.9. The van der Waals surface area contributed by atoms with E-state index in [1.165, 1.54) is 98.3 Å².